The zero-order chi connectivity index (χ0) is 12.8. The molecule has 0 aliphatic heterocycles. The molecule has 0 aliphatic carbocycles. The van der Waals surface area contributed by atoms with E-state index in [2.05, 4.69) is 5.32 Å². The maximum atomic E-state index is 6.02. The van der Waals surface area contributed by atoms with E-state index in [1.54, 1.807) is 27.4 Å². The fraction of sp³-hybridized carbons (Fsp3) is 0.500. The van der Waals surface area contributed by atoms with Crippen molar-refractivity contribution in [3.05, 3.63) is 22.7 Å². The van der Waals surface area contributed by atoms with Crippen molar-refractivity contribution < 1.29 is 14.2 Å². The molecule has 0 aliphatic rings. The predicted octanol–water partition coefficient (Wildman–Crippen LogP) is 2.69. The van der Waals surface area contributed by atoms with E-state index in [-0.39, 0.29) is 6.29 Å². The highest BCUT2D eigenvalue weighted by atomic mass is 35.5. The molecule has 1 rings (SSSR count). The van der Waals surface area contributed by atoms with E-state index < -0.39 is 0 Å². The highest BCUT2D eigenvalue weighted by Gasteiger charge is 2.09. The Kier molecular flexibility index (Phi) is 5.55. The molecule has 0 unspecified atom stereocenters. The summed E-state index contributed by atoms with van der Waals surface area (Å²) in [4.78, 5) is 0. The van der Waals surface area contributed by atoms with Crippen molar-refractivity contribution in [2.24, 2.45) is 0 Å². The van der Waals surface area contributed by atoms with Crippen LogP contribution in [0.5, 0.6) is 5.75 Å². The Bertz CT molecular complexity index is 367. The van der Waals surface area contributed by atoms with Gasteiger partial charge in [0, 0.05) is 25.3 Å². The van der Waals surface area contributed by atoms with Gasteiger partial charge in [-0.2, -0.15) is 0 Å². The van der Waals surface area contributed by atoms with E-state index in [4.69, 9.17) is 25.8 Å². The summed E-state index contributed by atoms with van der Waals surface area (Å²) in [5.74, 6) is 0.701. The number of hydrogen-bond acceptors (Lipinski definition) is 4. The number of anilines is 1. The van der Waals surface area contributed by atoms with Gasteiger partial charge in [0.15, 0.2) is 6.29 Å². The summed E-state index contributed by atoms with van der Waals surface area (Å²) < 4.78 is 15.4. The minimum Gasteiger partial charge on any atom is -0.495 e. The first-order chi connectivity index (χ1) is 8.12. The van der Waals surface area contributed by atoms with Gasteiger partial charge in [0.05, 0.1) is 19.3 Å². The summed E-state index contributed by atoms with van der Waals surface area (Å²) in [6.07, 6.45) is -0.296. The molecule has 0 radical (unpaired) electrons. The van der Waals surface area contributed by atoms with Crippen LogP contribution in [0.25, 0.3) is 0 Å². The zero-order valence-corrected chi connectivity index (χ0v) is 11.3. The summed E-state index contributed by atoms with van der Waals surface area (Å²) in [6.45, 7) is 2.47. The molecule has 0 atom stereocenters. The Morgan fingerprint density at radius 3 is 2.41 bits per heavy atom. The lowest BCUT2D eigenvalue weighted by molar-refractivity contribution is -0.0914. The van der Waals surface area contributed by atoms with Gasteiger partial charge in [-0.05, 0) is 18.6 Å². The summed E-state index contributed by atoms with van der Waals surface area (Å²) in [7, 11) is 4.80. The van der Waals surface area contributed by atoms with E-state index in [0.29, 0.717) is 17.3 Å². The van der Waals surface area contributed by atoms with Crippen LogP contribution in [0.3, 0.4) is 0 Å². The molecule has 5 heteroatoms. The van der Waals surface area contributed by atoms with Gasteiger partial charge in [-0.1, -0.05) is 11.6 Å². The minimum absolute atomic E-state index is 0.296. The van der Waals surface area contributed by atoms with E-state index in [1.165, 1.54) is 0 Å². The molecule has 0 bridgehead atoms. The maximum Gasteiger partial charge on any atom is 0.173 e. The Morgan fingerprint density at radius 2 is 1.88 bits per heavy atom. The van der Waals surface area contributed by atoms with Crippen LogP contribution >= 0.6 is 11.6 Å². The molecule has 0 amide bonds. The van der Waals surface area contributed by atoms with Crippen molar-refractivity contribution in [2.75, 3.05) is 33.2 Å². The van der Waals surface area contributed by atoms with Crippen molar-refractivity contribution >= 4 is 17.3 Å². The fourth-order valence-corrected chi connectivity index (χ4v) is 1.58. The van der Waals surface area contributed by atoms with Gasteiger partial charge in [0.2, 0.25) is 0 Å². The highest BCUT2D eigenvalue weighted by molar-refractivity contribution is 6.31. The third-order valence-corrected chi connectivity index (χ3v) is 2.87. The zero-order valence-electron chi connectivity index (χ0n) is 10.5. The average Bonchev–Trinajstić information content (AvgIpc) is 2.34. The van der Waals surface area contributed by atoms with Crippen LogP contribution in [0.4, 0.5) is 5.69 Å². The molecule has 0 heterocycles. The highest BCUT2D eigenvalue weighted by Crippen LogP contribution is 2.30. The number of rotatable bonds is 6. The predicted molar refractivity (Wildman–Crippen MR) is 69.0 cm³/mol. The van der Waals surface area contributed by atoms with Crippen LogP contribution in [-0.2, 0) is 9.47 Å². The van der Waals surface area contributed by atoms with Crippen molar-refractivity contribution in [3.63, 3.8) is 0 Å². The van der Waals surface area contributed by atoms with Crippen LogP contribution in [-0.4, -0.2) is 34.2 Å². The first-order valence-electron chi connectivity index (χ1n) is 5.26. The van der Waals surface area contributed by atoms with Crippen LogP contribution in [0.15, 0.2) is 12.1 Å². The number of hydrogen-bond donors (Lipinski definition) is 1. The molecule has 1 aromatic rings. The van der Waals surface area contributed by atoms with Crippen LogP contribution in [0.2, 0.25) is 5.02 Å². The molecular formula is C12H18ClNO3. The lowest BCUT2D eigenvalue weighted by Gasteiger charge is -2.17. The lowest BCUT2D eigenvalue weighted by Crippen LogP contribution is -2.23. The third kappa shape index (κ3) is 3.77. The quantitative estimate of drug-likeness (QED) is 0.798. The van der Waals surface area contributed by atoms with Gasteiger partial charge in [-0.25, -0.2) is 0 Å². The van der Waals surface area contributed by atoms with Crippen molar-refractivity contribution in [2.45, 2.75) is 13.2 Å². The average molecular weight is 260 g/mol. The standard InChI is InChI=1S/C12H18ClNO3/c1-8-5-10(11(15-2)6-9(8)13)14-7-12(16-3)17-4/h5-6,12,14H,7H2,1-4H3. The molecule has 1 N–H and O–H groups in total. The molecule has 0 saturated carbocycles. The monoisotopic (exact) mass is 259 g/mol. The van der Waals surface area contributed by atoms with Gasteiger partial charge in [0.25, 0.3) is 0 Å². The summed E-state index contributed by atoms with van der Waals surface area (Å²) in [5.41, 5.74) is 1.86. The molecular weight excluding hydrogens is 242 g/mol. The molecule has 0 aromatic heterocycles. The van der Waals surface area contributed by atoms with Crippen LogP contribution in [0, 0.1) is 6.92 Å². The van der Waals surface area contributed by atoms with Gasteiger partial charge >= 0.3 is 0 Å². The SMILES string of the molecule is COc1cc(Cl)c(C)cc1NCC(OC)OC. The number of benzene rings is 1. The molecule has 17 heavy (non-hydrogen) atoms. The topological polar surface area (TPSA) is 39.7 Å². The third-order valence-electron chi connectivity index (χ3n) is 2.47. The molecule has 4 nitrogen and oxygen atoms in total. The van der Waals surface area contributed by atoms with E-state index in [9.17, 15) is 0 Å². The largest absolute Gasteiger partial charge is 0.495 e. The lowest BCUT2D eigenvalue weighted by atomic mass is 10.2. The number of ether oxygens (including phenoxy) is 3. The minimum atomic E-state index is -0.296. The van der Waals surface area contributed by atoms with Gasteiger partial charge in [0.1, 0.15) is 5.75 Å². The molecule has 0 spiro atoms. The van der Waals surface area contributed by atoms with E-state index in [1.807, 2.05) is 13.0 Å². The second kappa shape index (κ2) is 6.69. The normalized spacial score (nSPS) is 10.7. The van der Waals surface area contributed by atoms with Gasteiger partial charge in [-0.15, -0.1) is 0 Å². The fourth-order valence-electron chi connectivity index (χ4n) is 1.43. The van der Waals surface area contributed by atoms with Crippen molar-refractivity contribution in [1.82, 2.24) is 0 Å². The molecule has 1 aromatic carbocycles. The van der Waals surface area contributed by atoms with Crippen molar-refractivity contribution in [3.8, 4) is 5.75 Å². The summed E-state index contributed by atoms with van der Waals surface area (Å²) in [5, 5.41) is 3.88. The van der Waals surface area contributed by atoms with Crippen LogP contribution < -0.4 is 10.1 Å². The number of nitrogens with one attached hydrogen (secondary N) is 1. The summed E-state index contributed by atoms with van der Waals surface area (Å²) in [6, 6.07) is 3.72. The first kappa shape index (κ1) is 14.1. The molecule has 96 valence electrons. The number of methoxy groups -OCH3 is 3. The Morgan fingerprint density at radius 1 is 1.24 bits per heavy atom. The van der Waals surface area contributed by atoms with E-state index in [0.717, 1.165) is 11.3 Å². The second-order valence-corrected chi connectivity index (χ2v) is 3.99. The number of halogens is 1. The first-order valence-corrected chi connectivity index (χ1v) is 5.63. The van der Waals surface area contributed by atoms with Gasteiger partial charge < -0.3 is 19.5 Å². The Labute approximate surface area is 107 Å². The van der Waals surface area contributed by atoms with Crippen LogP contribution in [0.1, 0.15) is 5.56 Å². The van der Waals surface area contributed by atoms with Crippen molar-refractivity contribution in [1.29, 1.82) is 0 Å². The number of aryl methyl sites for hydroxylation is 1. The molecule has 0 saturated heterocycles. The maximum absolute atomic E-state index is 6.02. The Balaban J connectivity index is 2.79. The van der Waals surface area contributed by atoms with E-state index >= 15 is 0 Å². The smallest absolute Gasteiger partial charge is 0.173 e. The Hall–Kier alpha value is -0.970. The second-order valence-electron chi connectivity index (χ2n) is 3.58. The summed E-state index contributed by atoms with van der Waals surface area (Å²) >= 11 is 6.02. The molecule has 0 fully saturated rings. The van der Waals surface area contributed by atoms with Gasteiger partial charge in [-0.3, -0.25) is 0 Å².